The highest BCUT2D eigenvalue weighted by Crippen LogP contribution is 2.39. The van der Waals surface area contributed by atoms with Crippen LogP contribution in [0.25, 0.3) is 0 Å². The first-order valence-electron chi connectivity index (χ1n) is 9.46. The first-order valence-corrected chi connectivity index (χ1v) is 9.46. The van der Waals surface area contributed by atoms with Gasteiger partial charge in [0.25, 0.3) is 0 Å². The highest BCUT2D eigenvalue weighted by Gasteiger charge is 2.40. The minimum atomic E-state index is -0.435. The molecule has 1 fully saturated rings. The van der Waals surface area contributed by atoms with Crippen LogP contribution in [-0.4, -0.2) is 47.7 Å². The Hall–Kier alpha value is -1.65. The van der Waals surface area contributed by atoms with E-state index < -0.39 is 6.10 Å². The molecular formula is C21H30N2O2. The number of nitrogens with one attached hydrogen (secondary N) is 1. The van der Waals surface area contributed by atoms with E-state index in [0.29, 0.717) is 24.9 Å². The first kappa shape index (κ1) is 18.2. The normalized spacial score (nSPS) is 29.7. The summed E-state index contributed by atoms with van der Waals surface area (Å²) in [6, 6.07) is 0.158. The van der Waals surface area contributed by atoms with Crippen molar-refractivity contribution in [2.45, 2.75) is 45.3 Å². The van der Waals surface area contributed by atoms with Crippen LogP contribution in [0.1, 0.15) is 33.1 Å². The largest absolute Gasteiger partial charge is 0.392 e. The standard InChI is InChI=1S/C21H30N2O2/c1-15-8-9-19-18(12-15)10-11-23(20(25)14-22-13-16(2)24)21(19)17-6-4-3-5-7-17/h3-4,6,8-9,12,16,18-19,21-22,24H,5,7,10-11,13-14H2,1-2H3. The number of hydrogen-bond acceptors (Lipinski definition) is 3. The topological polar surface area (TPSA) is 52.6 Å². The van der Waals surface area contributed by atoms with Gasteiger partial charge >= 0.3 is 0 Å². The van der Waals surface area contributed by atoms with E-state index in [1.54, 1.807) is 6.92 Å². The minimum Gasteiger partial charge on any atom is -0.392 e. The van der Waals surface area contributed by atoms with Crippen LogP contribution in [0.2, 0.25) is 0 Å². The van der Waals surface area contributed by atoms with Gasteiger partial charge in [0.2, 0.25) is 5.91 Å². The molecule has 1 amide bonds. The summed E-state index contributed by atoms with van der Waals surface area (Å²) in [5.41, 5.74) is 2.70. The molecular weight excluding hydrogens is 312 g/mol. The second-order valence-electron chi connectivity index (χ2n) is 7.52. The number of nitrogens with zero attached hydrogens (tertiary/aromatic N) is 1. The van der Waals surface area contributed by atoms with E-state index >= 15 is 0 Å². The van der Waals surface area contributed by atoms with E-state index in [0.717, 1.165) is 25.8 Å². The molecule has 3 aliphatic rings. The number of carbonyl (C=O) groups excluding carboxylic acids is 1. The average molecular weight is 342 g/mol. The summed E-state index contributed by atoms with van der Waals surface area (Å²) >= 11 is 0. The number of hydrogen-bond donors (Lipinski definition) is 2. The van der Waals surface area contributed by atoms with Crippen LogP contribution in [0.5, 0.6) is 0 Å². The molecule has 0 spiro atoms. The third-order valence-electron chi connectivity index (χ3n) is 5.42. The fourth-order valence-corrected chi connectivity index (χ4v) is 4.24. The molecule has 0 saturated carbocycles. The average Bonchev–Trinajstić information content (AvgIpc) is 2.60. The molecule has 3 rings (SSSR count). The molecule has 2 N–H and O–H groups in total. The smallest absolute Gasteiger partial charge is 0.237 e. The molecule has 25 heavy (non-hydrogen) atoms. The Kier molecular flexibility index (Phi) is 5.92. The Morgan fingerprint density at radius 1 is 1.48 bits per heavy atom. The van der Waals surface area contributed by atoms with Gasteiger partial charge < -0.3 is 15.3 Å². The molecule has 2 aliphatic carbocycles. The fourth-order valence-electron chi connectivity index (χ4n) is 4.24. The summed E-state index contributed by atoms with van der Waals surface area (Å²) < 4.78 is 0. The number of carbonyl (C=O) groups is 1. The molecule has 4 heteroatoms. The summed E-state index contributed by atoms with van der Waals surface area (Å²) in [5, 5.41) is 12.5. The van der Waals surface area contributed by atoms with Crippen molar-refractivity contribution < 1.29 is 9.90 Å². The molecule has 0 aromatic carbocycles. The number of amides is 1. The Bertz CT molecular complexity index is 615. The fraction of sp³-hybridized carbons (Fsp3) is 0.571. The quantitative estimate of drug-likeness (QED) is 0.807. The van der Waals surface area contributed by atoms with Crippen LogP contribution >= 0.6 is 0 Å². The minimum absolute atomic E-state index is 0.138. The SMILES string of the molecule is CC1=CC2CCN(C(=O)CNCC(C)O)C(C3=CC=CCC3)C2C=C1. The summed E-state index contributed by atoms with van der Waals surface area (Å²) in [6.07, 6.45) is 16.1. The van der Waals surface area contributed by atoms with Crippen molar-refractivity contribution >= 4 is 5.91 Å². The van der Waals surface area contributed by atoms with E-state index in [2.05, 4.69) is 53.6 Å². The van der Waals surface area contributed by atoms with Crippen LogP contribution < -0.4 is 5.32 Å². The van der Waals surface area contributed by atoms with E-state index in [-0.39, 0.29) is 11.9 Å². The number of piperidine rings is 1. The van der Waals surface area contributed by atoms with Crippen molar-refractivity contribution in [2.24, 2.45) is 11.8 Å². The molecule has 0 bridgehead atoms. The predicted molar refractivity (Wildman–Crippen MR) is 101 cm³/mol. The highest BCUT2D eigenvalue weighted by atomic mass is 16.3. The van der Waals surface area contributed by atoms with Gasteiger partial charge in [-0.05, 0) is 44.6 Å². The monoisotopic (exact) mass is 342 g/mol. The summed E-state index contributed by atoms with van der Waals surface area (Å²) in [5.74, 6) is 1.03. The van der Waals surface area contributed by atoms with Gasteiger partial charge in [-0.3, -0.25) is 4.79 Å². The Balaban J connectivity index is 1.79. The van der Waals surface area contributed by atoms with Crippen molar-refractivity contribution in [2.75, 3.05) is 19.6 Å². The van der Waals surface area contributed by atoms with Crippen LogP contribution in [0, 0.1) is 11.8 Å². The van der Waals surface area contributed by atoms with Gasteiger partial charge in [0.1, 0.15) is 0 Å². The van der Waals surface area contributed by atoms with Crippen molar-refractivity contribution in [3.8, 4) is 0 Å². The molecule has 1 saturated heterocycles. The third-order valence-corrected chi connectivity index (χ3v) is 5.42. The Morgan fingerprint density at radius 2 is 2.32 bits per heavy atom. The number of aliphatic hydroxyl groups is 1. The second-order valence-corrected chi connectivity index (χ2v) is 7.52. The van der Waals surface area contributed by atoms with Gasteiger partial charge in [0.15, 0.2) is 0 Å². The maximum Gasteiger partial charge on any atom is 0.237 e. The number of fused-ring (bicyclic) bond motifs is 1. The Labute approximate surface area is 151 Å². The zero-order valence-corrected chi connectivity index (χ0v) is 15.3. The van der Waals surface area contributed by atoms with Gasteiger partial charge in [-0.2, -0.15) is 0 Å². The van der Waals surface area contributed by atoms with E-state index in [9.17, 15) is 9.90 Å². The van der Waals surface area contributed by atoms with Crippen molar-refractivity contribution in [3.63, 3.8) is 0 Å². The molecule has 0 aromatic rings. The summed E-state index contributed by atoms with van der Waals surface area (Å²) in [4.78, 5) is 14.9. The van der Waals surface area contributed by atoms with Crippen LogP contribution in [0.4, 0.5) is 0 Å². The summed E-state index contributed by atoms with van der Waals surface area (Å²) in [7, 11) is 0. The van der Waals surface area contributed by atoms with Crippen molar-refractivity contribution in [1.29, 1.82) is 0 Å². The lowest BCUT2D eigenvalue weighted by Gasteiger charge is -2.46. The van der Waals surface area contributed by atoms with Gasteiger partial charge in [0, 0.05) is 19.0 Å². The van der Waals surface area contributed by atoms with Crippen LogP contribution in [-0.2, 0) is 4.79 Å². The Morgan fingerprint density at radius 3 is 3.04 bits per heavy atom. The molecule has 4 nitrogen and oxygen atoms in total. The van der Waals surface area contributed by atoms with Gasteiger partial charge in [0.05, 0.1) is 18.7 Å². The second kappa shape index (κ2) is 8.15. The molecule has 0 aromatic heterocycles. The van der Waals surface area contributed by atoms with Gasteiger partial charge in [-0.1, -0.05) is 42.0 Å². The number of rotatable bonds is 5. The lowest BCUT2D eigenvalue weighted by molar-refractivity contribution is -0.134. The molecule has 4 unspecified atom stereocenters. The maximum atomic E-state index is 12.9. The van der Waals surface area contributed by atoms with Crippen LogP contribution in [0.3, 0.4) is 0 Å². The highest BCUT2D eigenvalue weighted by molar-refractivity contribution is 5.79. The van der Waals surface area contributed by atoms with Gasteiger partial charge in [-0.15, -0.1) is 0 Å². The molecule has 0 radical (unpaired) electrons. The maximum absolute atomic E-state index is 12.9. The molecule has 1 aliphatic heterocycles. The zero-order valence-electron chi connectivity index (χ0n) is 15.3. The predicted octanol–water partition coefficient (Wildman–Crippen LogP) is 2.58. The third kappa shape index (κ3) is 4.31. The van der Waals surface area contributed by atoms with E-state index in [1.165, 1.54) is 11.1 Å². The van der Waals surface area contributed by atoms with Crippen LogP contribution in [0.15, 0.2) is 47.6 Å². The number of allylic oxidation sites excluding steroid dienone is 6. The van der Waals surface area contributed by atoms with E-state index in [1.807, 2.05) is 0 Å². The number of aliphatic hydroxyl groups excluding tert-OH is 1. The lowest BCUT2D eigenvalue weighted by atomic mass is 9.72. The zero-order chi connectivity index (χ0) is 17.8. The molecule has 136 valence electrons. The van der Waals surface area contributed by atoms with Crippen molar-refractivity contribution in [3.05, 3.63) is 47.6 Å². The van der Waals surface area contributed by atoms with Gasteiger partial charge in [-0.25, -0.2) is 0 Å². The first-order chi connectivity index (χ1) is 12.1. The summed E-state index contributed by atoms with van der Waals surface area (Å²) in [6.45, 7) is 5.43. The van der Waals surface area contributed by atoms with E-state index in [4.69, 9.17) is 0 Å². The molecule has 4 atom stereocenters. The molecule has 1 heterocycles. The lowest BCUT2D eigenvalue weighted by Crippen LogP contribution is -2.54. The number of likely N-dealkylation sites (tertiary alicyclic amines) is 1. The van der Waals surface area contributed by atoms with Crippen molar-refractivity contribution in [1.82, 2.24) is 10.2 Å².